The molecular formula is C27H47N8O8S2+. The van der Waals surface area contributed by atoms with Crippen LogP contribution in [0.1, 0.15) is 55.4 Å². The zero-order valence-electron chi connectivity index (χ0n) is 27.5. The molecule has 0 aromatic carbocycles. The zero-order chi connectivity index (χ0) is 34.0. The van der Waals surface area contributed by atoms with Crippen LogP contribution in [0.3, 0.4) is 0 Å². The molecule has 2 aromatic rings. The molecule has 0 bridgehead atoms. The van der Waals surface area contributed by atoms with Crippen molar-refractivity contribution in [1.29, 1.82) is 0 Å². The average Bonchev–Trinajstić information content (AvgIpc) is 3.60. The van der Waals surface area contributed by atoms with E-state index < -0.39 is 43.8 Å². The molecule has 2 aliphatic rings. The van der Waals surface area contributed by atoms with Crippen LogP contribution in [0.25, 0.3) is 0 Å². The van der Waals surface area contributed by atoms with Crippen LogP contribution in [0.5, 0.6) is 0 Å². The summed E-state index contributed by atoms with van der Waals surface area (Å²) in [6.45, 7) is 16.0. The van der Waals surface area contributed by atoms with E-state index >= 15 is 0 Å². The first-order valence-electron chi connectivity index (χ1n) is 14.6. The number of ether oxygens (including phenoxy) is 2. The Labute approximate surface area is 266 Å². The van der Waals surface area contributed by atoms with Gasteiger partial charge in [0.2, 0.25) is 0 Å². The normalized spacial score (nSPS) is 20.7. The second-order valence-electron chi connectivity index (χ2n) is 13.1. The van der Waals surface area contributed by atoms with Crippen molar-refractivity contribution in [2.24, 2.45) is 7.05 Å². The van der Waals surface area contributed by atoms with Gasteiger partial charge in [0.1, 0.15) is 29.9 Å². The Balaban J connectivity index is 0.000000246. The van der Waals surface area contributed by atoms with Crippen LogP contribution in [0.2, 0.25) is 0 Å². The lowest BCUT2D eigenvalue weighted by Crippen LogP contribution is -2.56. The van der Waals surface area contributed by atoms with Crippen LogP contribution >= 0.6 is 0 Å². The fourth-order valence-electron chi connectivity index (χ4n) is 4.66. The summed E-state index contributed by atoms with van der Waals surface area (Å²) in [6, 6.07) is -0.514. The number of hydrogen-bond donors (Lipinski definition) is 0. The minimum atomic E-state index is -3.63. The Kier molecular flexibility index (Phi) is 11.0. The topological polar surface area (TPSA) is 160 Å². The molecule has 2 fully saturated rings. The van der Waals surface area contributed by atoms with Crippen molar-refractivity contribution in [2.75, 3.05) is 39.3 Å². The second-order valence-corrected chi connectivity index (χ2v) is 16.7. The lowest BCUT2D eigenvalue weighted by molar-refractivity contribution is -0.670. The number of imidazole rings is 2. The molecule has 4 heterocycles. The highest BCUT2D eigenvalue weighted by Gasteiger charge is 2.38. The molecule has 2 atom stereocenters. The van der Waals surface area contributed by atoms with Gasteiger partial charge in [0.25, 0.3) is 6.33 Å². The van der Waals surface area contributed by atoms with Crippen LogP contribution in [-0.2, 0) is 36.9 Å². The van der Waals surface area contributed by atoms with Crippen LogP contribution in [0.15, 0.2) is 37.4 Å². The molecule has 0 spiro atoms. The number of carbonyl (C=O) groups is 2. The third-order valence-electron chi connectivity index (χ3n) is 6.85. The Morgan fingerprint density at radius 3 is 1.53 bits per heavy atom. The van der Waals surface area contributed by atoms with Crippen LogP contribution in [0, 0.1) is 0 Å². The van der Waals surface area contributed by atoms with Gasteiger partial charge in [-0.2, -0.15) is 25.4 Å². The fourth-order valence-corrected chi connectivity index (χ4v) is 7.49. The number of aromatic nitrogens is 4. The molecule has 0 N–H and O–H groups in total. The summed E-state index contributed by atoms with van der Waals surface area (Å²) in [7, 11) is -5.48. The number of rotatable bonds is 4. The van der Waals surface area contributed by atoms with Crippen molar-refractivity contribution in [1.82, 2.24) is 31.3 Å². The van der Waals surface area contributed by atoms with Gasteiger partial charge in [0.05, 0.1) is 7.05 Å². The smallest absolute Gasteiger partial charge is 0.410 e. The summed E-state index contributed by atoms with van der Waals surface area (Å²) in [4.78, 5) is 31.2. The van der Waals surface area contributed by atoms with Crippen molar-refractivity contribution < 1.29 is 40.5 Å². The number of amides is 2. The minimum Gasteiger partial charge on any atom is -0.444 e. The van der Waals surface area contributed by atoms with Gasteiger partial charge in [-0.1, -0.05) is 0 Å². The molecule has 2 saturated heterocycles. The van der Waals surface area contributed by atoms with Crippen LogP contribution in [-0.4, -0.2) is 123 Å². The number of hydrogen-bond acceptors (Lipinski definition) is 9. The minimum absolute atomic E-state index is 0.222. The van der Waals surface area contributed by atoms with Gasteiger partial charge in [0, 0.05) is 63.7 Å². The van der Waals surface area contributed by atoms with E-state index in [0.29, 0.717) is 13.1 Å². The highest BCUT2D eigenvalue weighted by Crippen LogP contribution is 2.20. The van der Waals surface area contributed by atoms with Crippen LogP contribution < -0.4 is 4.57 Å². The van der Waals surface area contributed by atoms with E-state index in [9.17, 15) is 26.4 Å². The summed E-state index contributed by atoms with van der Waals surface area (Å²) in [5.74, 6) is 0. The SMILES string of the molecule is C[C@@H]1CN(S(=O)(=O)n2cc[n+](C)c2)CCN1C(=O)OC(C)(C)C.C[C@@H]1CN(S(=O)(=O)n2ccnc2)CCN1C(=O)OC(C)(C)C. The molecule has 254 valence electrons. The predicted octanol–water partition coefficient (Wildman–Crippen LogP) is 1.26. The molecule has 18 heteroatoms. The predicted molar refractivity (Wildman–Crippen MR) is 164 cm³/mol. The van der Waals surface area contributed by atoms with E-state index in [1.165, 1.54) is 43.8 Å². The Bertz CT molecular complexity index is 1530. The molecule has 45 heavy (non-hydrogen) atoms. The molecular weight excluding hydrogens is 628 g/mol. The number of nitrogens with zero attached hydrogens (tertiary/aromatic N) is 8. The van der Waals surface area contributed by atoms with Gasteiger partial charge in [-0.25, -0.2) is 23.1 Å². The molecule has 2 amide bonds. The van der Waals surface area contributed by atoms with Gasteiger partial charge in [-0.05, 0) is 55.4 Å². The molecule has 16 nitrogen and oxygen atoms in total. The average molecular weight is 676 g/mol. The molecule has 0 unspecified atom stereocenters. The molecule has 0 saturated carbocycles. The van der Waals surface area contributed by atoms with E-state index in [4.69, 9.17) is 9.47 Å². The van der Waals surface area contributed by atoms with Gasteiger partial charge in [0.15, 0.2) is 0 Å². The lowest BCUT2D eigenvalue weighted by atomic mass is 10.2. The summed E-state index contributed by atoms with van der Waals surface area (Å²) in [5.41, 5.74) is -1.14. The van der Waals surface area contributed by atoms with Crippen molar-refractivity contribution in [3.63, 3.8) is 0 Å². The Hall–Kier alpha value is -3.22. The molecule has 4 rings (SSSR count). The third kappa shape index (κ3) is 9.40. The van der Waals surface area contributed by atoms with E-state index in [0.717, 1.165) is 3.97 Å². The summed E-state index contributed by atoms with van der Waals surface area (Å²) in [6.07, 6.45) is 7.89. The number of carbonyl (C=O) groups excluding carboxylic acids is 2. The first-order chi connectivity index (χ1) is 20.6. The maximum Gasteiger partial charge on any atom is 0.410 e. The number of piperazine rings is 2. The van der Waals surface area contributed by atoms with E-state index in [1.54, 1.807) is 55.3 Å². The van der Waals surface area contributed by atoms with E-state index in [-0.39, 0.29) is 38.3 Å². The third-order valence-corrected chi connectivity index (χ3v) is 10.3. The Morgan fingerprint density at radius 2 is 1.20 bits per heavy atom. The number of aryl methyl sites for hydroxylation is 1. The summed E-state index contributed by atoms with van der Waals surface area (Å²) in [5, 5.41) is 0. The van der Waals surface area contributed by atoms with Gasteiger partial charge in [-0.3, -0.25) is 0 Å². The standard InChI is InChI=1S/C14H25N4O4S.C13H22N4O4S/c1-12-10-16(23(20,21)17-7-6-15(5)11-17)8-9-18(12)13(19)22-14(2,3)4;1-11-9-15(22(19,20)16-6-5-14-10-16)7-8-17(11)12(18)21-13(2,3)4/h6-7,11-12H,8-10H2,1-5H3;5-6,10-11H,7-9H2,1-4H3/q+1;/t12-;11-/m11/s1. The Morgan fingerprint density at radius 1 is 0.756 bits per heavy atom. The quantitative estimate of drug-likeness (QED) is 0.435. The maximum absolute atomic E-state index is 12.6. The van der Waals surface area contributed by atoms with Gasteiger partial charge in [-0.15, -0.1) is 3.97 Å². The highest BCUT2D eigenvalue weighted by molar-refractivity contribution is 7.87. The fraction of sp³-hybridized carbons (Fsp3) is 0.704. The second kappa shape index (κ2) is 13.6. The monoisotopic (exact) mass is 675 g/mol. The molecule has 0 radical (unpaired) electrons. The zero-order valence-corrected chi connectivity index (χ0v) is 29.2. The van der Waals surface area contributed by atoms with Gasteiger partial charge >= 0.3 is 32.6 Å². The highest BCUT2D eigenvalue weighted by atomic mass is 32.2. The van der Waals surface area contributed by atoms with Gasteiger partial charge < -0.3 is 19.3 Å². The first-order valence-corrected chi connectivity index (χ1v) is 17.4. The molecule has 2 aromatic heterocycles. The summed E-state index contributed by atoms with van der Waals surface area (Å²) < 4.78 is 67.4. The lowest BCUT2D eigenvalue weighted by Gasteiger charge is -2.39. The maximum atomic E-state index is 12.6. The van der Waals surface area contributed by atoms with Crippen molar-refractivity contribution in [3.8, 4) is 0 Å². The van der Waals surface area contributed by atoms with Crippen molar-refractivity contribution in [2.45, 2.75) is 78.7 Å². The van der Waals surface area contributed by atoms with Crippen molar-refractivity contribution in [3.05, 3.63) is 37.4 Å². The first kappa shape index (κ1) is 36.3. The van der Waals surface area contributed by atoms with Crippen LogP contribution in [0.4, 0.5) is 9.59 Å². The largest absolute Gasteiger partial charge is 0.444 e. The summed E-state index contributed by atoms with van der Waals surface area (Å²) >= 11 is 0. The van der Waals surface area contributed by atoms with E-state index in [2.05, 4.69) is 4.98 Å². The molecule has 2 aliphatic heterocycles. The molecule has 0 aliphatic carbocycles. The van der Waals surface area contributed by atoms with E-state index in [1.807, 2.05) is 27.7 Å². The van der Waals surface area contributed by atoms with Crippen molar-refractivity contribution >= 4 is 32.6 Å².